The molecule has 0 bridgehead atoms. The number of phenols is 2. The van der Waals surface area contributed by atoms with E-state index in [1.54, 1.807) is 0 Å². The van der Waals surface area contributed by atoms with Crippen LogP contribution in [0.15, 0.2) is 18.2 Å². The fourth-order valence-electron chi connectivity index (χ4n) is 2.68. The van der Waals surface area contributed by atoms with Crippen LogP contribution in [0.3, 0.4) is 0 Å². The van der Waals surface area contributed by atoms with Crippen molar-refractivity contribution >= 4 is 5.91 Å². The third-order valence-electron chi connectivity index (χ3n) is 3.88. The van der Waals surface area contributed by atoms with Crippen molar-refractivity contribution in [2.75, 3.05) is 13.1 Å². The maximum absolute atomic E-state index is 11.9. The summed E-state index contributed by atoms with van der Waals surface area (Å²) in [4.78, 5) is 11.9. The summed E-state index contributed by atoms with van der Waals surface area (Å²) in [6.07, 6.45) is 3.41. The van der Waals surface area contributed by atoms with Crippen LogP contribution in [0.25, 0.3) is 0 Å². The van der Waals surface area contributed by atoms with Crippen LogP contribution in [0.1, 0.15) is 29.6 Å². The molecule has 1 fully saturated rings. The number of amides is 1. The Morgan fingerprint density at radius 2 is 2.00 bits per heavy atom. The first-order chi connectivity index (χ1) is 9.11. The van der Waals surface area contributed by atoms with E-state index in [4.69, 9.17) is 5.73 Å². The number of nitrogens with one attached hydrogen (secondary N) is 1. The smallest absolute Gasteiger partial charge is 0.251 e. The molecule has 104 valence electrons. The van der Waals surface area contributed by atoms with Crippen LogP contribution in [0.2, 0.25) is 0 Å². The van der Waals surface area contributed by atoms with Gasteiger partial charge in [-0.2, -0.15) is 0 Å². The van der Waals surface area contributed by atoms with Gasteiger partial charge in [0.2, 0.25) is 0 Å². The highest BCUT2D eigenvalue weighted by molar-refractivity contribution is 5.94. The first-order valence-corrected chi connectivity index (χ1v) is 6.62. The Balaban J connectivity index is 1.92. The van der Waals surface area contributed by atoms with E-state index in [1.165, 1.54) is 24.6 Å². The van der Waals surface area contributed by atoms with Crippen molar-refractivity contribution in [1.29, 1.82) is 0 Å². The minimum absolute atomic E-state index is 0.226. The maximum Gasteiger partial charge on any atom is 0.251 e. The zero-order valence-electron chi connectivity index (χ0n) is 10.8. The van der Waals surface area contributed by atoms with Gasteiger partial charge in [0.1, 0.15) is 0 Å². The number of nitrogens with two attached hydrogens (primary N) is 1. The molecule has 1 aliphatic rings. The summed E-state index contributed by atoms with van der Waals surface area (Å²) < 4.78 is 0. The van der Waals surface area contributed by atoms with Crippen molar-refractivity contribution in [3.05, 3.63) is 23.8 Å². The summed E-state index contributed by atoms with van der Waals surface area (Å²) in [7, 11) is 0. The summed E-state index contributed by atoms with van der Waals surface area (Å²) in [6, 6.07) is 4.06. The zero-order valence-corrected chi connectivity index (χ0v) is 10.8. The van der Waals surface area contributed by atoms with Crippen molar-refractivity contribution in [3.8, 4) is 11.5 Å². The van der Waals surface area contributed by atoms with E-state index in [9.17, 15) is 15.0 Å². The van der Waals surface area contributed by atoms with Crippen molar-refractivity contribution < 1.29 is 15.0 Å². The van der Waals surface area contributed by atoms with Gasteiger partial charge in [0.05, 0.1) is 0 Å². The fourth-order valence-corrected chi connectivity index (χ4v) is 2.68. The van der Waals surface area contributed by atoms with Crippen LogP contribution < -0.4 is 11.1 Å². The minimum Gasteiger partial charge on any atom is -0.504 e. The third kappa shape index (κ3) is 3.17. The van der Waals surface area contributed by atoms with Crippen LogP contribution in [0, 0.1) is 11.8 Å². The maximum atomic E-state index is 11.9. The standard InChI is InChI=1S/C14H20N2O3/c15-7-10-2-1-3-11(10)8-16-14(19)9-4-5-12(17)13(18)6-9/h4-6,10-11,17-18H,1-3,7-8,15H2,(H,16,19). The molecular formula is C14H20N2O3. The number of carbonyl (C=O) groups is 1. The van der Waals surface area contributed by atoms with Crippen molar-refractivity contribution in [1.82, 2.24) is 5.32 Å². The second-order valence-corrected chi connectivity index (χ2v) is 5.10. The second kappa shape index (κ2) is 5.93. The van der Waals surface area contributed by atoms with Gasteiger partial charge in [0.25, 0.3) is 5.91 Å². The lowest BCUT2D eigenvalue weighted by Gasteiger charge is -2.18. The molecule has 0 aromatic heterocycles. The first kappa shape index (κ1) is 13.7. The molecule has 5 heteroatoms. The molecule has 2 rings (SSSR count). The van der Waals surface area contributed by atoms with Gasteiger partial charge in [-0.05, 0) is 49.4 Å². The third-order valence-corrected chi connectivity index (χ3v) is 3.88. The highest BCUT2D eigenvalue weighted by atomic mass is 16.3. The highest BCUT2D eigenvalue weighted by Gasteiger charge is 2.26. The Hall–Kier alpha value is -1.75. The average Bonchev–Trinajstić information content (AvgIpc) is 2.86. The molecule has 1 aliphatic carbocycles. The number of aromatic hydroxyl groups is 2. The molecular weight excluding hydrogens is 244 g/mol. The van der Waals surface area contributed by atoms with Crippen LogP contribution >= 0.6 is 0 Å². The normalized spacial score (nSPS) is 22.4. The number of carbonyl (C=O) groups excluding carboxylic acids is 1. The Kier molecular flexibility index (Phi) is 4.27. The zero-order chi connectivity index (χ0) is 13.8. The van der Waals surface area contributed by atoms with Gasteiger partial charge in [-0.15, -0.1) is 0 Å². The Labute approximate surface area is 112 Å². The molecule has 0 aliphatic heterocycles. The van der Waals surface area contributed by atoms with Crippen LogP contribution in [0.5, 0.6) is 11.5 Å². The molecule has 0 heterocycles. The van der Waals surface area contributed by atoms with E-state index in [2.05, 4.69) is 5.32 Å². The molecule has 0 radical (unpaired) electrons. The van der Waals surface area contributed by atoms with Gasteiger partial charge in [-0.25, -0.2) is 0 Å². The van der Waals surface area contributed by atoms with E-state index in [0.717, 1.165) is 12.8 Å². The summed E-state index contributed by atoms with van der Waals surface area (Å²) in [5.41, 5.74) is 6.05. The molecule has 5 N–H and O–H groups in total. The SMILES string of the molecule is NCC1CCCC1CNC(=O)c1ccc(O)c(O)c1. The molecule has 2 unspecified atom stereocenters. The molecule has 0 saturated heterocycles. The van der Waals surface area contributed by atoms with E-state index in [0.29, 0.717) is 30.5 Å². The summed E-state index contributed by atoms with van der Waals surface area (Å²) >= 11 is 0. The van der Waals surface area contributed by atoms with E-state index in [-0.39, 0.29) is 17.4 Å². The predicted octanol–water partition coefficient (Wildman–Crippen LogP) is 1.20. The van der Waals surface area contributed by atoms with Crippen LogP contribution in [-0.4, -0.2) is 29.2 Å². The largest absolute Gasteiger partial charge is 0.504 e. The summed E-state index contributed by atoms with van der Waals surface area (Å²) in [5, 5.41) is 21.4. The molecule has 0 spiro atoms. The lowest BCUT2D eigenvalue weighted by Crippen LogP contribution is -2.32. The van der Waals surface area contributed by atoms with E-state index in [1.807, 2.05) is 0 Å². The van der Waals surface area contributed by atoms with Gasteiger partial charge in [0, 0.05) is 12.1 Å². The van der Waals surface area contributed by atoms with Gasteiger partial charge in [-0.3, -0.25) is 4.79 Å². The van der Waals surface area contributed by atoms with Gasteiger partial charge < -0.3 is 21.3 Å². The number of rotatable bonds is 4. The summed E-state index contributed by atoms with van der Waals surface area (Å²) in [5.74, 6) is 0.190. The van der Waals surface area contributed by atoms with E-state index < -0.39 is 0 Å². The quantitative estimate of drug-likeness (QED) is 0.614. The molecule has 1 aromatic rings. The first-order valence-electron chi connectivity index (χ1n) is 6.62. The number of hydrogen-bond acceptors (Lipinski definition) is 4. The minimum atomic E-state index is -0.284. The predicted molar refractivity (Wildman–Crippen MR) is 72.0 cm³/mol. The number of phenolic OH excluding ortho intramolecular Hbond substituents is 2. The number of benzene rings is 1. The van der Waals surface area contributed by atoms with Gasteiger partial charge >= 0.3 is 0 Å². The van der Waals surface area contributed by atoms with Gasteiger partial charge in [0.15, 0.2) is 11.5 Å². The second-order valence-electron chi connectivity index (χ2n) is 5.10. The van der Waals surface area contributed by atoms with Crippen molar-refractivity contribution in [3.63, 3.8) is 0 Å². The Morgan fingerprint density at radius 3 is 2.68 bits per heavy atom. The summed E-state index contributed by atoms with van der Waals surface area (Å²) in [6.45, 7) is 1.28. The van der Waals surface area contributed by atoms with Crippen molar-refractivity contribution in [2.45, 2.75) is 19.3 Å². The van der Waals surface area contributed by atoms with E-state index >= 15 is 0 Å². The highest BCUT2D eigenvalue weighted by Crippen LogP contribution is 2.30. The monoisotopic (exact) mass is 264 g/mol. The molecule has 1 aromatic carbocycles. The average molecular weight is 264 g/mol. The van der Waals surface area contributed by atoms with Crippen LogP contribution in [0.4, 0.5) is 0 Å². The topological polar surface area (TPSA) is 95.6 Å². The Morgan fingerprint density at radius 1 is 1.26 bits per heavy atom. The van der Waals surface area contributed by atoms with Gasteiger partial charge in [-0.1, -0.05) is 6.42 Å². The molecule has 19 heavy (non-hydrogen) atoms. The van der Waals surface area contributed by atoms with Crippen molar-refractivity contribution in [2.24, 2.45) is 17.6 Å². The lowest BCUT2D eigenvalue weighted by atomic mass is 9.96. The molecule has 2 atom stereocenters. The fraction of sp³-hybridized carbons (Fsp3) is 0.500. The number of hydrogen-bond donors (Lipinski definition) is 4. The molecule has 1 amide bonds. The van der Waals surface area contributed by atoms with Crippen LogP contribution in [-0.2, 0) is 0 Å². The molecule has 1 saturated carbocycles. The molecule has 5 nitrogen and oxygen atoms in total. The lowest BCUT2D eigenvalue weighted by molar-refractivity contribution is 0.0943. The Bertz CT molecular complexity index is 462.